The molecule has 2 nitrogen and oxygen atoms in total. The highest BCUT2D eigenvalue weighted by molar-refractivity contribution is 5.03. The van der Waals surface area contributed by atoms with Crippen molar-refractivity contribution in [2.24, 2.45) is 23.5 Å². The second-order valence-electron chi connectivity index (χ2n) is 5.63. The third-order valence-electron chi connectivity index (χ3n) is 4.99. The van der Waals surface area contributed by atoms with E-state index in [4.69, 9.17) is 5.73 Å². The number of fused-ring (bicyclic) bond motifs is 2. The maximum atomic E-state index is 6.11. The number of rotatable bonds is 1. The van der Waals surface area contributed by atoms with E-state index in [2.05, 4.69) is 11.8 Å². The second kappa shape index (κ2) is 3.21. The molecule has 0 aromatic rings. The molecule has 4 aliphatic rings. The first-order valence-corrected chi connectivity index (χ1v) is 6.27. The Kier molecular flexibility index (Phi) is 2.10. The first kappa shape index (κ1) is 9.17. The molecule has 0 spiro atoms. The van der Waals surface area contributed by atoms with E-state index < -0.39 is 0 Å². The lowest BCUT2D eigenvalue weighted by atomic mass is 9.73. The molecular formula is C12H22N2. The third-order valence-corrected chi connectivity index (χ3v) is 4.99. The van der Waals surface area contributed by atoms with Crippen molar-refractivity contribution in [3.8, 4) is 0 Å². The normalized spacial score (nSPS) is 53.1. The van der Waals surface area contributed by atoms with Gasteiger partial charge in [-0.15, -0.1) is 0 Å². The summed E-state index contributed by atoms with van der Waals surface area (Å²) in [4.78, 5) is 2.74. The fourth-order valence-electron chi connectivity index (χ4n) is 4.32. The van der Waals surface area contributed by atoms with Crippen molar-refractivity contribution in [3.63, 3.8) is 0 Å². The van der Waals surface area contributed by atoms with Gasteiger partial charge < -0.3 is 5.73 Å². The summed E-state index contributed by atoms with van der Waals surface area (Å²) < 4.78 is 0. The van der Waals surface area contributed by atoms with Gasteiger partial charge in [0.25, 0.3) is 0 Å². The number of nitrogens with zero attached hydrogens (tertiary/aromatic N) is 1. The van der Waals surface area contributed by atoms with E-state index in [0.717, 1.165) is 23.8 Å². The minimum atomic E-state index is 0.407. The smallest absolute Gasteiger partial charge is 0.0169 e. The van der Waals surface area contributed by atoms with Gasteiger partial charge >= 0.3 is 0 Å². The van der Waals surface area contributed by atoms with E-state index >= 15 is 0 Å². The molecule has 0 amide bonds. The predicted molar refractivity (Wildman–Crippen MR) is 57.9 cm³/mol. The lowest BCUT2D eigenvalue weighted by molar-refractivity contribution is -0.0128. The van der Waals surface area contributed by atoms with Crippen LogP contribution in [0.4, 0.5) is 0 Å². The van der Waals surface area contributed by atoms with Crippen molar-refractivity contribution in [2.45, 2.75) is 44.7 Å². The summed E-state index contributed by atoms with van der Waals surface area (Å²) >= 11 is 0. The molecule has 1 saturated carbocycles. The molecule has 3 heterocycles. The van der Waals surface area contributed by atoms with Crippen molar-refractivity contribution >= 4 is 0 Å². The summed E-state index contributed by atoms with van der Waals surface area (Å²) in [5, 5.41) is 0. The topological polar surface area (TPSA) is 29.3 Å². The molecule has 0 aromatic carbocycles. The molecule has 4 rings (SSSR count). The summed E-state index contributed by atoms with van der Waals surface area (Å²) in [6.07, 6.45) is 5.78. The maximum Gasteiger partial charge on any atom is 0.0169 e. The molecule has 80 valence electrons. The lowest BCUT2D eigenvalue weighted by Gasteiger charge is -2.50. The van der Waals surface area contributed by atoms with Crippen LogP contribution in [0, 0.1) is 17.8 Å². The standard InChI is InChI=1S/C12H22N2/c1-8(13)10-2-3-11-9-4-6-14(7-5-9)12(10)11/h8-12H,2-7,13H2,1H3. The number of hydrogen-bond donors (Lipinski definition) is 1. The van der Waals surface area contributed by atoms with Crippen LogP contribution in [0.25, 0.3) is 0 Å². The SMILES string of the molecule is CC(N)C1CCC2C3CCN(CC3)C12. The molecule has 3 aliphatic heterocycles. The highest BCUT2D eigenvalue weighted by atomic mass is 15.2. The van der Waals surface area contributed by atoms with Crippen molar-refractivity contribution in [1.29, 1.82) is 0 Å². The molecule has 4 fully saturated rings. The Morgan fingerprint density at radius 1 is 1.14 bits per heavy atom. The van der Waals surface area contributed by atoms with Gasteiger partial charge in [-0.3, -0.25) is 4.90 Å². The van der Waals surface area contributed by atoms with E-state index in [1.54, 1.807) is 0 Å². The van der Waals surface area contributed by atoms with Crippen LogP contribution in [0.5, 0.6) is 0 Å². The van der Waals surface area contributed by atoms with Crippen molar-refractivity contribution in [1.82, 2.24) is 4.90 Å². The Morgan fingerprint density at radius 3 is 2.50 bits per heavy atom. The van der Waals surface area contributed by atoms with Crippen LogP contribution in [-0.4, -0.2) is 30.1 Å². The van der Waals surface area contributed by atoms with Gasteiger partial charge in [-0.05, 0) is 63.5 Å². The van der Waals surface area contributed by atoms with Gasteiger partial charge in [0.15, 0.2) is 0 Å². The van der Waals surface area contributed by atoms with Gasteiger partial charge in [-0.25, -0.2) is 0 Å². The van der Waals surface area contributed by atoms with Crippen LogP contribution in [-0.2, 0) is 0 Å². The van der Waals surface area contributed by atoms with Crippen molar-refractivity contribution in [3.05, 3.63) is 0 Å². The van der Waals surface area contributed by atoms with E-state index in [-0.39, 0.29) is 0 Å². The molecule has 0 radical (unpaired) electrons. The summed E-state index contributed by atoms with van der Waals surface area (Å²) in [5.74, 6) is 2.85. The van der Waals surface area contributed by atoms with Gasteiger partial charge in [0.05, 0.1) is 0 Å². The van der Waals surface area contributed by atoms with E-state index in [9.17, 15) is 0 Å². The van der Waals surface area contributed by atoms with Gasteiger partial charge in [-0.2, -0.15) is 0 Å². The van der Waals surface area contributed by atoms with Gasteiger partial charge in [0, 0.05) is 12.1 Å². The van der Waals surface area contributed by atoms with Gasteiger partial charge in [0.2, 0.25) is 0 Å². The van der Waals surface area contributed by atoms with Crippen molar-refractivity contribution < 1.29 is 0 Å². The number of piperidine rings is 3. The lowest BCUT2D eigenvalue weighted by Crippen LogP contribution is -2.56. The largest absolute Gasteiger partial charge is 0.328 e. The molecule has 0 aromatic heterocycles. The molecule has 1 aliphatic carbocycles. The molecule has 2 N–H and O–H groups in total. The minimum absolute atomic E-state index is 0.407. The molecule has 4 atom stereocenters. The van der Waals surface area contributed by atoms with E-state index in [1.807, 2.05) is 0 Å². The second-order valence-corrected chi connectivity index (χ2v) is 5.63. The third kappa shape index (κ3) is 1.17. The number of hydrogen-bond acceptors (Lipinski definition) is 2. The summed E-state index contributed by atoms with van der Waals surface area (Å²) in [5.41, 5.74) is 6.11. The molecule has 2 heteroatoms. The van der Waals surface area contributed by atoms with Gasteiger partial charge in [-0.1, -0.05) is 0 Å². The molecule has 3 saturated heterocycles. The fraction of sp³-hybridized carbons (Fsp3) is 1.00. The number of nitrogens with two attached hydrogens (primary N) is 1. The van der Waals surface area contributed by atoms with Crippen LogP contribution < -0.4 is 5.73 Å². The predicted octanol–water partition coefficient (Wildman–Crippen LogP) is 1.45. The van der Waals surface area contributed by atoms with Crippen LogP contribution >= 0.6 is 0 Å². The fourth-order valence-corrected chi connectivity index (χ4v) is 4.32. The van der Waals surface area contributed by atoms with E-state index in [1.165, 1.54) is 38.8 Å². The monoisotopic (exact) mass is 194 g/mol. The summed E-state index contributed by atoms with van der Waals surface area (Å²) in [6, 6.07) is 1.27. The zero-order chi connectivity index (χ0) is 9.71. The quantitative estimate of drug-likeness (QED) is 0.684. The van der Waals surface area contributed by atoms with Gasteiger partial charge in [0.1, 0.15) is 0 Å². The highest BCUT2D eigenvalue weighted by Gasteiger charge is 2.49. The Morgan fingerprint density at radius 2 is 1.86 bits per heavy atom. The Bertz CT molecular complexity index is 212. The van der Waals surface area contributed by atoms with E-state index in [0.29, 0.717) is 6.04 Å². The molecule has 2 bridgehead atoms. The zero-order valence-electron chi connectivity index (χ0n) is 9.15. The average Bonchev–Trinajstić information content (AvgIpc) is 2.65. The Labute approximate surface area is 86.8 Å². The first-order valence-electron chi connectivity index (χ1n) is 6.27. The van der Waals surface area contributed by atoms with Crippen molar-refractivity contribution in [2.75, 3.05) is 13.1 Å². The zero-order valence-corrected chi connectivity index (χ0v) is 9.15. The first-order chi connectivity index (χ1) is 6.77. The molecular weight excluding hydrogens is 172 g/mol. The average molecular weight is 194 g/mol. The van der Waals surface area contributed by atoms with Crippen LogP contribution in [0.1, 0.15) is 32.6 Å². The van der Waals surface area contributed by atoms with Crippen LogP contribution in [0.15, 0.2) is 0 Å². The molecule has 14 heavy (non-hydrogen) atoms. The summed E-state index contributed by atoms with van der Waals surface area (Å²) in [6.45, 7) is 4.92. The Hall–Kier alpha value is -0.0800. The highest BCUT2D eigenvalue weighted by Crippen LogP contribution is 2.48. The molecule has 4 unspecified atom stereocenters. The summed E-state index contributed by atoms with van der Waals surface area (Å²) in [7, 11) is 0. The van der Waals surface area contributed by atoms with Crippen LogP contribution in [0.3, 0.4) is 0 Å². The minimum Gasteiger partial charge on any atom is -0.328 e. The Balaban J connectivity index is 1.84. The van der Waals surface area contributed by atoms with Crippen LogP contribution in [0.2, 0.25) is 0 Å². The maximum absolute atomic E-state index is 6.11.